The Morgan fingerprint density at radius 3 is 2.64 bits per heavy atom. The molecule has 6 nitrogen and oxygen atoms in total. The van der Waals surface area contributed by atoms with Crippen LogP contribution in [0.15, 0.2) is 53.2 Å². The van der Waals surface area contributed by atoms with Crippen molar-refractivity contribution < 1.29 is 19.1 Å². The first kappa shape index (κ1) is 20.2. The second kappa shape index (κ2) is 10.1. The normalized spacial score (nSPS) is 10.6. The van der Waals surface area contributed by atoms with E-state index in [0.717, 1.165) is 15.4 Å². The summed E-state index contributed by atoms with van der Waals surface area (Å²) in [6.07, 6.45) is 0. The van der Waals surface area contributed by atoms with Crippen LogP contribution in [0, 0.1) is 0 Å². The first-order valence-electron chi connectivity index (χ1n) is 8.64. The van der Waals surface area contributed by atoms with E-state index in [-0.39, 0.29) is 18.2 Å². The van der Waals surface area contributed by atoms with E-state index in [1.54, 1.807) is 28.7 Å². The standard InChI is InChI=1S/C20H20N2O4S2/c1-25-10-9-22(12-15-6-3-2-4-7-15)18(23)13-26-20(24)16-14-28-19(21-16)17-8-5-11-27-17/h2-8,11,14H,9-10,12-13H2,1H3. The van der Waals surface area contributed by atoms with Crippen molar-refractivity contribution in [1.29, 1.82) is 0 Å². The number of methoxy groups -OCH3 is 1. The molecule has 146 valence electrons. The van der Waals surface area contributed by atoms with Crippen molar-refractivity contribution in [3.63, 3.8) is 0 Å². The first-order chi connectivity index (χ1) is 13.7. The number of aromatic nitrogens is 1. The van der Waals surface area contributed by atoms with Gasteiger partial charge in [-0.05, 0) is 17.0 Å². The molecule has 0 spiro atoms. The second-order valence-electron chi connectivity index (χ2n) is 5.89. The third-order valence-electron chi connectivity index (χ3n) is 3.91. The van der Waals surface area contributed by atoms with Crippen molar-refractivity contribution in [2.24, 2.45) is 0 Å². The monoisotopic (exact) mass is 416 g/mol. The van der Waals surface area contributed by atoms with Gasteiger partial charge in [0.15, 0.2) is 12.3 Å². The summed E-state index contributed by atoms with van der Waals surface area (Å²) >= 11 is 2.93. The lowest BCUT2D eigenvalue weighted by atomic mass is 10.2. The van der Waals surface area contributed by atoms with E-state index in [0.29, 0.717) is 19.7 Å². The van der Waals surface area contributed by atoms with Gasteiger partial charge in [0.2, 0.25) is 0 Å². The fourth-order valence-corrected chi connectivity index (χ4v) is 4.07. The maximum atomic E-state index is 12.6. The molecule has 0 unspecified atom stereocenters. The van der Waals surface area contributed by atoms with Gasteiger partial charge in [-0.3, -0.25) is 4.79 Å². The smallest absolute Gasteiger partial charge is 0.358 e. The highest BCUT2D eigenvalue weighted by Gasteiger charge is 2.19. The zero-order chi connectivity index (χ0) is 19.8. The number of thiazole rings is 1. The van der Waals surface area contributed by atoms with Crippen LogP contribution < -0.4 is 0 Å². The van der Waals surface area contributed by atoms with Gasteiger partial charge >= 0.3 is 5.97 Å². The molecule has 0 bridgehead atoms. The van der Waals surface area contributed by atoms with Gasteiger partial charge in [0.25, 0.3) is 5.91 Å². The van der Waals surface area contributed by atoms with E-state index in [9.17, 15) is 9.59 Å². The minimum atomic E-state index is -0.598. The van der Waals surface area contributed by atoms with Crippen LogP contribution >= 0.6 is 22.7 Å². The van der Waals surface area contributed by atoms with Crippen LogP contribution in [0.2, 0.25) is 0 Å². The molecule has 1 aromatic carbocycles. The van der Waals surface area contributed by atoms with Crippen LogP contribution in [-0.4, -0.2) is 48.6 Å². The number of rotatable bonds is 9. The second-order valence-corrected chi connectivity index (χ2v) is 7.69. The molecule has 8 heteroatoms. The molecule has 0 aliphatic carbocycles. The first-order valence-corrected chi connectivity index (χ1v) is 10.4. The summed E-state index contributed by atoms with van der Waals surface area (Å²) in [6, 6.07) is 13.5. The number of nitrogens with zero attached hydrogens (tertiary/aromatic N) is 2. The summed E-state index contributed by atoms with van der Waals surface area (Å²) in [5, 5.41) is 4.36. The number of hydrogen-bond acceptors (Lipinski definition) is 7. The van der Waals surface area contributed by atoms with Gasteiger partial charge in [0, 0.05) is 25.6 Å². The molecule has 3 aromatic rings. The van der Waals surface area contributed by atoms with Crippen LogP contribution in [0.4, 0.5) is 0 Å². The van der Waals surface area contributed by atoms with Crippen molar-refractivity contribution in [3.8, 4) is 9.88 Å². The van der Waals surface area contributed by atoms with E-state index in [4.69, 9.17) is 9.47 Å². The van der Waals surface area contributed by atoms with E-state index in [1.807, 2.05) is 47.8 Å². The molecular weight excluding hydrogens is 396 g/mol. The lowest BCUT2D eigenvalue weighted by molar-refractivity contribution is -0.135. The topological polar surface area (TPSA) is 68.7 Å². The van der Waals surface area contributed by atoms with Crippen molar-refractivity contribution in [2.45, 2.75) is 6.54 Å². The van der Waals surface area contributed by atoms with Gasteiger partial charge in [-0.2, -0.15) is 0 Å². The molecule has 28 heavy (non-hydrogen) atoms. The Bertz CT molecular complexity index is 894. The molecule has 0 aliphatic rings. The Morgan fingerprint density at radius 2 is 1.93 bits per heavy atom. The third-order valence-corrected chi connectivity index (χ3v) is 5.79. The van der Waals surface area contributed by atoms with Gasteiger partial charge in [-0.15, -0.1) is 22.7 Å². The summed E-state index contributed by atoms with van der Waals surface area (Å²) in [7, 11) is 1.58. The SMILES string of the molecule is COCCN(Cc1ccccc1)C(=O)COC(=O)c1csc(-c2cccs2)n1. The molecular formula is C20H20N2O4S2. The van der Waals surface area contributed by atoms with Gasteiger partial charge in [0.05, 0.1) is 11.5 Å². The van der Waals surface area contributed by atoms with E-state index >= 15 is 0 Å². The highest BCUT2D eigenvalue weighted by molar-refractivity contribution is 7.20. The zero-order valence-corrected chi connectivity index (χ0v) is 17.0. The molecule has 2 heterocycles. The molecule has 0 N–H and O–H groups in total. The fourth-order valence-electron chi connectivity index (χ4n) is 2.47. The maximum Gasteiger partial charge on any atom is 0.358 e. The molecule has 0 aliphatic heterocycles. The molecule has 0 radical (unpaired) electrons. The van der Waals surface area contributed by atoms with Crippen LogP contribution in [0.5, 0.6) is 0 Å². The number of ether oxygens (including phenoxy) is 2. The zero-order valence-electron chi connectivity index (χ0n) is 15.4. The number of carbonyl (C=O) groups is 2. The predicted octanol–water partition coefficient (Wildman–Crippen LogP) is 3.70. The summed E-state index contributed by atoms with van der Waals surface area (Å²) in [4.78, 5) is 31.7. The number of thiophene rings is 1. The van der Waals surface area contributed by atoms with Crippen LogP contribution in [0.25, 0.3) is 9.88 Å². The minimum absolute atomic E-state index is 0.215. The van der Waals surface area contributed by atoms with Crippen LogP contribution in [-0.2, 0) is 20.8 Å². The predicted molar refractivity (Wildman–Crippen MR) is 109 cm³/mol. The van der Waals surface area contributed by atoms with Crippen LogP contribution in [0.1, 0.15) is 16.1 Å². The number of amides is 1. The largest absolute Gasteiger partial charge is 0.451 e. The number of benzene rings is 1. The van der Waals surface area contributed by atoms with Gasteiger partial charge in [0.1, 0.15) is 5.01 Å². The fraction of sp³-hybridized carbons (Fsp3) is 0.250. The molecule has 2 aromatic heterocycles. The lowest BCUT2D eigenvalue weighted by Gasteiger charge is -2.22. The quantitative estimate of drug-likeness (QED) is 0.498. The van der Waals surface area contributed by atoms with Crippen LogP contribution in [0.3, 0.4) is 0 Å². The lowest BCUT2D eigenvalue weighted by Crippen LogP contribution is -2.36. The molecule has 1 amide bonds. The number of hydrogen-bond donors (Lipinski definition) is 0. The van der Waals surface area contributed by atoms with Crippen molar-refractivity contribution in [2.75, 3.05) is 26.9 Å². The summed E-state index contributed by atoms with van der Waals surface area (Å²) in [6.45, 7) is 0.921. The third kappa shape index (κ3) is 5.48. The minimum Gasteiger partial charge on any atom is -0.451 e. The summed E-state index contributed by atoms with van der Waals surface area (Å²) in [5.74, 6) is -0.873. The molecule has 0 fully saturated rings. The van der Waals surface area contributed by atoms with Crippen molar-refractivity contribution >= 4 is 34.6 Å². The van der Waals surface area contributed by atoms with E-state index in [1.165, 1.54) is 11.3 Å². The maximum absolute atomic E-state index is 12.6. The highest BCUT2D eigenvalue weighted by Crippen LogP contribution is 2.27. The Balaban J connectivity index is 1.57. The van der Waals surface area contributed by atoms with Gasteiger partial charge in [-0.25, -0.2) is 9.78 Å². The van der Waals surface area contributed by atoms with Gasteiger partial charge in [-0.1, -0.05) is 36.4 Å². The highest BCUT2D eigenvalue weighted by atomic mass is 32.1. The Morgan fingerprint density at radius 1 is 1.11 bits per heavy atom. The number of carbonyl (C=O) groups excluding carboxylic acids is 2. The molecule has 0 saturated carbocycles. The Hall–Kier alpha value is -2.55. The van der Waals surface area contributed by atoms with E-state index in [2.05, 4.69) is 4.98 Å². The van der Waals surface area contributed by atoms with Crippen molar-refractivity contribution in [1.82, 2.24) is 9.88 Å². The van der Waals surface area contributed by atoms with Crippen molar-refractivity contribution in [3.05, 3.63) is 64.5 Å². The average Bonchev–Trinajstić information content (AvgIpc) is 3.41. The molecule has 3 rings (SSSR count). The van der Waals surface area contributed by atoms with Gasteiger partial charge < -0.3 is 14.4 Å². The Kier molecular flexibility index (Phi) is 7.30. The molecule has 0 saturated heterocycles. The van der Waals surface area contributed by atoms with E-state index < -0.39 is 5.97 Å². The molecule has 0 atom stereocenters. The summed E-state index contributed by atoms with van der Waals surface area (Å²) in [5.41, 5.74) is 1.21. The number of esters is 1. The summed E-state index contributed by atoms with van der Waals surface area (Å²) < 4.78 is 10.3. The average molecular weight is 417 g/mol. The Labute approximate surface area is 171 Å².